The van der Waals surface area contributed by atoms with Crippen molar-refractivity contribution in [3.05, 3.63) is 63.4 Å². The number of hydrogen-bond donors (Lipinski definition) is 1. The SMILES string of the molecule is Cc1cc2c(=O)nc(-c3ccc(C(F)(F)F)cc3)[nH]c2cc1C12CC3CC(CC(C3)C1)C2. The lowest BCUT2D eigenvalue weighted by Crippen LogP contribution is -2.48. The molecule has 0 unspecified atom stereocenters. The maximum absolute atomic E-state index is 12.9. The predicted molar refractivity (Wildman–Crippen MR) is 117 cm³/mol. The fourth-order valence-electron chi connectivity index (χ4n) is 7.27. The number of aromatic amines is 1. The molecule has 0 saturated heterocycles. The van der Waals surface area contributed by atoms with Gasteiger partial charge in [-0.2, -0.15) is 18.2 Å². The number of aryl methyl sites for hydroxylation is 1. The van der Waals surface area contributed by atoms with Crippen LogP contribution in [0.5, 0.6) is 0 Å². The number of benzene rings is 2. The summed E-state index contributed by atoms with van der Waals surface area (Å²) in [6, 6.07) is 8.85. The van der Waals surface area contributed by atoms with Gasteiger partial charge in [-0.1, -0.05) is 12.1 Å². The fourth-order valence-corrected chi connectivity index (χ4v) is 7.27. The van der Waals surface area contributed by atoms with E-state index in [1.807, 2.05) is 6.07 Å². The van der Waals surface area contributed by atoms with Crippen LogP contribution < -0.4 is 5.56 Å². The zero-order chi connectivity index (χ0) is 22.3. The maximum atomic E-state index is 12.9. The second-order valence-corrected chi connectivity index (χ2v) is 10.4. The first-order valence-corrected chi connectivity index (χ1v) is 11.4. The molecule has 3 nitrogen and oxygen atoms in total. The van der Waals surface area contributed by atoms with E-state index in [4.69, 9.17) is 0 Å². The topological polar surface area (TPSA) is 45.8 Å². The molecular formula is C26H25F3N2O. The van der Waals surface area contributed by atoms with E-state index in [2.05, 4.69) is 23.0 Å². The molecule has 4 saturated carbocycles. The molecule has 0 radical (unpaired) electrons. The Hall–Kier alpha value is -2.63. The van der Waals surface area contributed by atoms with Crippen LogP contribution in [0.3, 0.4) is 0 Å². The second-order valence-electron chi connectivity index (χ2n) is 10.4. The van der Waals surface area contributed by atoms with E-state index in [1.165, 1.54) is 56.2 Å². The number of H-pyrrole nitrogens is 1. The highest BCUT2D eigenvalue weighted by molar-refractivity contribution is 5.81. The molecule has 166 valence electrons. The van der Waals surface area contributed by atoms with Crippen molar-refractivity contribution in [2.24, 2.45) is 17.8 Å². The first kappa shape index (κ1) is 20.0. The zero-order valence-electron chi connectivity index (χ0n) is 17.9. The summed E-state index contributed by atoms with van der Waals surface area (Å²) >= 11 is 0. The highest BCUT2D eigenvalue weighted by atomic mass is 19.4. The predicted octanol–water partition coefficient (Wildman–Crippen LogP) is 6.39. The van der Waals surface area contributed by atoms with E-state index in [-0.39, 0.29) is 11.0 Å². The molecule has 0 amide bonds. The van der Waals surface area contributed by atoms with Gasteiger partial charge in [0.15, 0.2) is 0 Å². The molecule has 4 aliphatic carbocycles. The maximum Gasteiger partial charge on any atom is 0.416 e. The van der Waals surface area contributed by atoms with Crippen molar-refractivity contribution < 1.29 is 13.2 Å². The highest BCUT2D eigenvalue weighted by Crippen LogP contribution is 2.61. The third-order valence-electron chi connectivity index (χ3n) is 8.16. The summed E-state index contributed by atoms with van der Waals surface area (Å²) in [4.78, 5) is 20.2. The minimum Gasteiger partial charge on any atom is -0.339 e. The summed E-state index contributed by atoms with van der Waals surface area (Å²) < 4.78 is 38.7. The molecule has 4 aliphatic rings. The number of rotatable bonds is 2. The summed E-state index contributed by atoms with van der Waals surface area (Å²) in [6.07, 6.45) is 3.39. The summed E-state index contributed by atoms with van der Waals surface area (Å²) in [5, 5.41) is 0.534. The Morgan fingerprint density at radius 2 is 1.56 bits per heavy atom. The van der Waals surface area contributed by atoms with Crippen molar-refractivity contribution in [3.63, 3.8) is 0 Å². The summed E-state index contributed by atoms with van der Waals surface area (Å²) in [7, 11) is 0. The van der Waals surface area contributed by atoms with Crippen molar-refractivity contribution in [1.82, 2.24) is 9.97 Å². The van der Waals surface area contributed by atoms with Gasteiger partial charge in [0.25, 0.3) is 5.56 Å². The molecule has 4 bridgehead atoms. The molecule has 6 heteroatoms. The lowest BCUT2D eigenvalue weighted by Gasteiger charge is -2.57. The van der Waals surface area contributed by atoms with Crippen molar-refractivity contribution >= 4 is 10.9 Å². The van der Waals surface area contributed by atoms with E-state index < -0.39 is 11.7 Å². The average Bonchev–Trinajstić information content (AvgIpc) is 2.72. The molecule has 1 N–H and O–H groups in total. The Morgan fingerprint density at radius 1 is 0.969 bits per heavy atom. The Balaban J connectivity index is 1.45. The standard InChI is InChI=1S/C26H25F3N2O/c1-14-6-20-22(10-21(14)25-11-15-7-16(12-25)9-17(8-15)13-25)30-23(31-24(20)32)18-2-4-19(5-3-18)26(27,28)29/h2-6,10,15-17H,7-9,11-13H2,1H3,(H,30,31,32). The molecule has 2 aromatic carbocycles. The summed E-state index contributed by atoms with van der Waals surface area (Å²) in [6.45, 7) is 2.09. The molecule has 1 heterocycles. The Labute approximate surface area is 184 Å². The van der Waals surface area contributed by atoms with Crippen LogP contribution in [0.2, 0.25) is 0 Å². The minimum absolute atomic E-state index is 0.196. The van der Waals surface area contributed by atoms with Gasteiger partial charge in [0.05, 0.1) is 16.5 Å². The number of aromatic nitrogens is 2. The van der Waals surface area contributed by atoms with E-state index in [1.54, 1.807) is 0 Å². The van der Waals surface area contributed by atoms with Gasteiger partial charge in [-0.05, 0) is 104 Å². The third-order valence-corrected chi connectivity index (χ3v) is 8.16. The molecule has 1 aromatic heterocycles. The largest absolute Gasteiger partial charge is 0.416 e. The number of alkyl halides is 3. The lowest BCUT2D eigenvalue weighted by atomic mass is 9.47. The van der Waals surface area contributed by atoms with Crippen molar-refractivity contribution in [3.8, 4) is 11.4 Å². The fraction of sp³-hybridized carbons (Fsp3) is 0.462. The Morgan fingerprint density at radius 3 is 2.12 bits per heavy atom. The number of hydrogen-bond acceptors (Lipinski definition) is 2. The van der Waals surface area contributed by atoms with Crippen LogP contribution >= 0.6 is 0 Å². The zero-order valence-corrected chi connectivity index (χ0v) is 17.9. The first-order valence-electron chi connectivity index (χ1n) is 11.4. The van der Waals surface area contributed by atoms with Gasteiger partial charge >= 0.3 is 6.18 Å². The normalized spacial score (nSPS) is 29.1. The van der Waals surface area contributed by atoms with Crippen LogP contribution in [0.1, 0.15) is 55.2 Å². The minimum atomic E-state index is -4.40. The lowest BCUT2D eigenvalue weighted by molar-refractivity contribution is -0.137. The molecule has 0 aliphatic heterocycles. The molecule has 3 aromatic rings. The van der Waals surface area contributed by atoms with Gasteiger partial charge in [-0.25, -0.2) is 0 Å². The van der Waals surface area contributed by atoms with Gasteiger partial charge in [0.1, 0.15) is 5.82 Å². The molecule has 7 rings (SSSR count). The van der Waals surface area contributed by atoms with Crippen LogP contribution in [0, 0.1) is 24.7 Å². The molecule has 4 fully saturated rings. The Bertz CT molecular complexity index is 1240. The number of nitrogens with zero attached hydrogens (tertiary/aromatic N) is 1. The van der Waals surface area contributed by atoms with E-state index >= 15 is 0 Å². The van der Waals surface area contributed by atoms with Crippen molar-refractivity contribution in [1.29, 1.82) is 0 Å². The summed E-state index contributed by atoms with van der Waals surface area (Å²) in [5.41, 5.74) is 2.79. The van der Waals surface area contributed by atoms with E-state index in [9.17, 15) is 18.0 Å². The Kier molecular flexibility index (Phi) is 4.18. The molecule has 0 atom stereocenters. The van der Waals surface area contributed by atoms with Gasteiger partial charge in [0.2, 0.25) is 0 Å². The van der Waals surface area contributed by atoms with Gasteiger partial charge in [0, 0.05) is 5.56 Å². The monoisotopic (exact) mass is 438 g/mol. The van der Waals surface area contributed by atoms with Crippen LogP contribution in [0.25, 0.3) is 22.3 Å². The van der Waals surface area contributed by atoms with Crippen molar-refractivity contribution in [2.75, 3.05) is 0 Å². The second kappa shape index (κ2) is 6.69. The first-order chi connectivity index (χ1) is 15.2. The van der Waals surface area contributed by atoms with Crippen molar-refractivity contribution in [2.45, 2.75) is 57.0 Å². The molecule has 32 heavy (non-hydrogen) atoms. The van der Waals surface area contributed by atoms with E-state index in [0.29, 0.717) is 16.8 Å². The van der Waals surface area contributed by atoms with Crippen LogP contribution in [-0.2, 0) is 11.6 Å². The van der Waals surface area contributed by atoms with Gasteiger partial charge < -0.3 is 4.98 Å². The van der Waals surface area contributed by atoms with Crippen LogP contribution in [-0.4, -0.2) is 9.97 Å². The van der Waals surface area contributed by atoms with Gasteiger partial charge in [-0.3, -0.25) is 4.79 Å². The third kappa shape index (κ3) is 3.10. The smallest absolute Gasteiger partial charge is 0.339 e. The van der Waals surface area contributed by atoms with Gasteiger partial charge in [-0.15, -0.1) is 0 Å². The quantitative estimate of drug-likeness (QED) is 0.504. The van der Waals surface area contributed by atoms with E-state index in [0.717, 1.165) is 41.0 Å². The molecular weight excluding hydrogens is 413 g/mol. The summed E-state index contributed by atoms with van der Waals surface area (Å²) in [5.74, 6) is 2.75. The molecule has 0 spiro atoms. The average molecular weight is 438 g/mol. The number of halogens is 3. The number of nitrogens with one attached hydrogen (secondary N) is 1. The number of fused-ring (bicyclic) bond motifs is 1. The van der Waals surface area contributed by atoms with Crippen LogP contribution in [0.15, 0.2) is 41.2 Å². The van der Waals surface area contributed by atoms with Crippen LogP contribution in [0.4, 0.5) is 13.2 Å². The highest BCUT2D eigenvalue weighted by Gasteiger charge is 2.52.